The van der Waals surface area contributed by atoms with Crippen LogP contribution in [-0.4, -0.2) is 19.9 Å². The van der Waals surface area contributed by atoms with Gasteiger partial charge < -0.3 is 10.7 Å². The molecule has 0 atom stereocenters. The van der Waals surface area contributed by atoms with Gasteiger partial charge in [0, 0.05) is 28.9 Å². The molecule has 4 rings (SSSR count). The summed E-state index contributed by atoms with van der Waals surface area (Å²) in [6.45, 7) is 0. The number of pyridine rings is 1. The van der Waals surface area contributed by atoms with Crippen molar-refractivity contribution < 1.29 is 4.39 Å². The molecule has 6 nitrogen and oxygen atoms in total. The fourth-order valence-corrected chi connectivity index (χ4v) is 2.82. The molecule has 0 unspecified atom stereocenters. The van der Waals surface area contributed by atoms with Crippen LogP contribution in [0.3, 0.4) is 0 Å². The number of nitrogens with two attached hydrogens (primary N) is 1. The summed E-state index contributed by atoms with van der Waals surface area (Å²) in [5, 5.41) is 10.4. The van der Waals surface area contributed by atoms with E-state index in [4.69, 9.17) is 5.73 Å². The van der Waals surface area contributed by atoms with E-state index in [0.717, 1.165) is 0 Å². The van der Waals surface area contributed by atoms with Crippen molar-refractivity contribution in [2.75, 3.05) is 5.73 Å². The Balaban J connectivity index is 2.08. The highest BCUT2D eigenvalue weighted by molar-refractivity contribution is 5.95. The molecule has 3 N–H and O–H groups in total. The lowest BCUT2D eigenvalue weighted by Gasteiger charge is -2.12. The number of aromatic amines is 1. The molecule has 0 spiro atoms. The van der Waals surface area contributed by atoms with E-state index >= 15 is 0 Å². The quantitative estimate of drug-likeness (QED) is 0.587. The Labute approximate surface area is 141 Å². The number of H-pyrrole nitrogens is 1. The topological polar surface area (TPSA) is 104 Å². The molecule has 0 amide bonds. The Hall–Kier alpha value is -3.79. The summed E-state index contributed by atoms with van der Waals surface area (Å²) in [6, 6.07) is 10.9. The van der Waals surface area contributed by atoms with Crippen LogP contribution >= 0.6 is 0 Å². The first-order valence-electron chi connectivity index (χ1n) is 7.42. The van der Waals surface area contributed by atoms with Gasteiger partial charge in [-0.3, -0.25) is 0 Å². The average molecular weight is 330 g/mol. The molecule has 0 bridgehead atoms. The largest absolute Gasteiger partial charge is 0.381 e. The first-order valence-corrected chi connectivity index (χ1v) is 7.42. The van der Waals surface area contributed by atoms with Gasteiger partial charge in [0.1, 0.15) is 18.0 Å². The Morgan fingerprint density at radius 2 is 2.00 bits per heavy atom. The summed E-state index contributed by atoms with van der Waals surface area (Å²) in [5.41, 5.74) is 8.09. The van der Waals surface area contributed by atoms with E-state index in [1.165, 1.54) is 6.33 Å². The third-order valence-electron chi connectivity index (χ3n) is 3.95. The van der Waals surface area contributed by atoms with Crippen LogP contribution in [0.1, 0.15) is 5.56 Å². The van der Waals surface area contributed by atoms with Crippen LogP contribution in [0.2, 0.25) is 0 Å². The molecular formula is C18H11FN6. The molecule has 0 aliphatic rings. The molecule has 120 valence electrons. The third kappa shape index (κ3) is 2.28. The minimum absolute atomic E-state index is 0.114. The number of hydrogen-bond donors (Lipinski definition) is 2. The highest BCUT2D eigenvalue weighted by Crippen LogP contribution is 2.37. The Morgan fingerprint density at radius 3 is 2.76 bits per heavy atom. The van der Waals surface area contributed by atoms with E-state index in [2.05, 4.69) is 26.0 Å². The van der Waals surface area contributed by atoms with Gasteiger partial charge in [-0.05, 0) is 5.56 Å². The first-order chi connectivity index (χ1) is 12.2. The predicted molar refractivity (Wildman–Crippen MR) is 91.6 cm³/mol. The van der Waals surface area contributed by atoms with Crippen molar-refractivity contribution in [3.05, 3.63) is 60.4 Å². The van der Waals surface area contributed by atoms with Gasteiger partial charge in [0.25, 0.3) is 0 Å². The number of nitrogens with zero attached hydrogens (tertiary/aromatic N) is 4. The maximum atomic E-state index is 14.7. The second-order valence-electron chi connectivity index (χ2n) is 5.37. The van der Waals surface area contributed by atoms with Crippen molar-refractivity contribution in [3.63, 3.8) is 0 Å². The summed E-state index contributed by atoms with van der Waals surface area (Å²) < 4.78 is 14.7. The van der Waals surface area contributed by atoms with E-state index in [-0.39, 0.29) is 16.9 Å². The molecule has 0 saturated heterocycles. The fraction of sp³-hybridized carbons (Fsp3) is 0. The van der Waals surface area contributed by atoms with E-state index < -0.39 is 5.82 Å². The normalized spacial score (nSPS) is 10.7. The number of anilines is 1. The monoisotopic (exact) mass is 330 g/mol. The molecule has 0 saturated carbocycles. The first kappa shape index (κ1) is 14.8. The minimum Gasteiger partial charge on any atom is -0.381 e. The molecule has 7 heteroatoms. The lowest BCUT2D eigenvalue weighted by molar-refractivity contribution is 0.630. The van der Waals surface area contributed by atoms with E-state index in [9.17, 15) is 9.65 Å². The number of benzene rings is 1. The van der Waals surface area contributed by atoms with Crippen molar-refractivity contribution in [2.45, 2.75) is 0 Å². The number of halogens is 1. The lowest BCUT2D eigenvalue weighted by atomic mass is 9.96. The molecule has 0 fully saturated rings. The van der Waals surface area contributed by atoms with Crippen LogP contribution in [0.25, 0.3) is 33.4 Å². The number of nitrogens with one attached hydrogen (secondary N) is 1. The van der Waals surface area contributed by atoms with E-state index in [1.807, 2.05) is 6.07 Å². The summed E-state index contributed by atoms with van der Waals surface area (Å²) in [5.74, 6) is -0.971. The zero-order valence-corrected chi connectivity index (χ0v) is 12.9. The standard InChI is InChI=1S/C18H11FN6/c19-15-14(10-4-2-1-3-5-10)11(6-20)16(25-17(15)21)12-8-23-18-13(12)7-22-9-24-18/h1-5,7-9H,(H2,21,25)(H,22,23,24). The van der Waals surface area contributed by atoms with Crippen LogP contribution in [0.4, 0.5) is 10.2 Å². The van der Waals surface area contributed by atoms with Crippen molar-refractivity contribution in [1.29, 1.82) is 5.26 Å². The predicted octanol–water partition coefficient (Wildman–Crippen LogP) is 3.28. The van der Waals surface area contributed by atoms with Crippen LogP contribution in [0.5, 0.6) is 0 Å². The van der Waals surface area contributed by atoms with Gasteiger partial charge in [-0.1, -0.05) is 30.3 Å². The Bertz CT molecular complexity index is 1130. The van der Waals surface area contributed by atoms with Gasteiger partial charge in [-0.15, -0.1) is 0 Å². The second kappa shape index (κ2) is 5.69. The summed E-state index contributed by atoms with van der Waals surface area (Å²) in [6.07, 6.45) is 4.68. The van der Waals surface area contributed by atoms with Gasteiger partial charge in [-0.2, -0.15) is 5.26 Å². The summed E-state index contributed by atoms with van der Waals surface area (Å²) in [4.78, 5) is 15.2. The molecule has 3 heterocycles. The fourth-order valence-electron chi connectivity index (χ4n) is 2.82. The summed E-state index contributed by atoms with van der Waals surface area (Å²) >= 11 is 0. The molecule has 0 aliphatic heterocycles. The molecule has 0 aliphatic carbocycles. The molecule has 1 aromatic carbocycles. The second-order valence-corrected chi connectivity index (χ2v) is 5.37. The van der Waals surface area contributed by atoms with Crippen molar-refractivity contribution in [1.82, 2.24) is 19.9 Å². The number of nitrogen functional groups attached to an aromatic ring is 1. The number of nitriles is 1. The highest BCUT2D eigenvalue weighted by Gasteiger charge is 2.22. The maximum Gasteiger partial charge on any atom is 0.174 e. The number of aromatic nitrogens is 4. The maximum absolute atomic E-state index is 14.7. The van der Waals surface area contributed by atoms with Crippen molar-refractivity contribution in [3.8, 4) is 28.5 Å². The molecule has 4 aromatic rings. The lowest BCUT2D eigenvalue weighted by Crippen LogP contribution is -2.03. The number of rotatable bonds is 2. The zero-order chi connectivity index (χ0) is 17.4. The van der Waals surface area contributed by atoms with Crippen LogP contribution in [-0.2, 0) is 0 Å². The molecular weight excluding hydrogens is 319 g/mol. The van der Waals surface area contributed by atoms with Gasteiger partial charge >= 0.3 is 0 Å². The molecule has 3 aromatic heterocycles. The Morgan fingerprint density at radius 1 is 1.20 bits per heavy atom. The van der Waals surface area contributed by atoms with Gasteiger partial charge in [0.2, 0.25) is 0 Å². The van der Waals surface area contributed by atoms with E-state index in [1.54, 1.807) is 36.7 Å². The molecule has 25 heavy (non-hydrogen) atoms. The van der Waals surface area contributed by atoms with Crippen LogP contribution in [0, 0.1) is 17.1 Å². The van der Waals surface area contributed by atoms with Crippen molar-refractivity contribution in [2.24, 2.45) is 0 Å². The summed E-state index contributed by atoms with van der Waals surface area (Å²) in [7, 11) is 0. The van der Waals surface area contributed by atoms with Gasteiger partial charge in [0.15, 0.2) is 11.6 Å². The highest BCUT2D eigenvalue weighted by atomic mass is 19.1. The number of hydrogen-bond acceptors (Lipinski definition) is 5. The third-order valence-corrected chi connectivity index (χ3v) is 3.95. The molecule has 0 radical (unpaired) electrons. The Kier molecular flexibility index (Phi) is 3.36. The smallest absolute Gasteiger partial charge is 0.174 e. The van der Waals surface area contributed by atoms with Crippen molar-refractivity contribution >= 4 is 16.9 Å². The van der Waals surface area contributed by atoms with E-state index in [0.29, 0.717) is 27.9 Å². The van der Waals surface area contributed by atoms with Gasteiger partial charge in [-0.25, -0.2) is 19.3 Å². The number of fused-ring (bicyclic) bond motifs is 1. The van der Waals surface area contributed by atoms with Gasteiger partial charge in [0.05, 0.1) is 11.3 Å². The minimum atomic E-state index is -0.706. The zero-order valence-electron chi connectivity index (χ0n) is 12.9. The van der Waals surface area contributed by atoms with Crippen LogP contribution < -0.4 is 5.73 Å². The SMILES string of the molecule is N#Cc1c(-c2c[nH]c3ncncc23)nc(N)c(F)c1-c1ccccc1. The van der Waals surface area contributed by atoms with Crippen LogP contribution in [0.15, 0.2) is 49.1 Å². The average Bonchev–Trinajstić information content (AvgIpc) is 3.08.